The third-order valence-electron chi connectivity index (χ3n) is 4.10. The lowest BCUT2D eigenvalue weighted by Crippen LogP contribution is -2.39. The van der Waals surface area contributed by atoms with Crippen molar-refractivity contribution in [1.82, 2.24) is 5.32 Å². The summed E-state index contributed by atoms with van der Waals surface area (Å²) in [5.74, 6) is 2.51. The second-order valence-electron chi connectivity index (χ2n) is 5.97. The zero-order valence-electron chi connectivity index (χ0n) is 10.1. The van der Waals surface area contributed by atoms with Crippen LogP contribution in [0, 0.1) is 17.8 Å². The highest BCUT2D eigenvalue weighted by Crippen LogP contribution is 2.44. The van der Waals surface area contributed by atoms with Crippen molar-refractivity contribution in [2.24, 2.45) is 17.8 Å². The summed E-state index contributed by atoms with van der Waals surface area (Å²) in [7, 11) is 0. The first-order valence-electron chi connectivity index (χ1n) is 6.56. The van der Waals surface area contributed by atoms with Crippen LogP contribution in [-0.4, -0.2) is 23.8 Å². The molecule has 4 atom stereocenters. The zero-order valence-corrected chi connectivity index (χ0v) is 10.1. The molecule has 0 aromatic carbocycles. The molecule has 0 aromatic rings. The predicted molar refractivity (Wildman–Crippen MR) is 62.7 cm³/mol. The minimum absolute atomic E-state index is 0.149. The van der Waals surface area contributed by atoms with Gasteiger partial charge in [0.05, 0.1) is 6.10 Å². The van der Waals surface area contributed by atoms with Gasteiger partial charge in [-0.3, -0.25) is 0 Å². The van der Waals surface area contributed by atoms with E-state index in [0.29, 0.717) is 12.0 Å². The molecule has 0 amide bonds. The first-order chi connectivity index (χ1) is 7.15. The number of hydrogen-bond acceptors (Lipinski definition) is 2. The topological polar surface area (TPSA) is 32.3 Å². The Labute approximate surface area is 93.5 Å². The lowest BCUT2D eigenvalue weighted by atomic mass is 9.95. The van der Waals surface area contributed by atoms with Crippen molar-refractivity contribution < 1.29 is 5.11 Å². The van der Waals surface area contributed by atoms with Crippen LogP contribution < -0.4 is 5.32 Å². The fourth-order valence-electron chi connectivity index (χ4n) is 3.41. The molecule has 0 heterocycles. The van der Waals surface area contributed by atoms with Crippen LogP contribution in [0.15, 0.2) is 0 Å². The molecule has 0 aromatic heterocycles. The van der Waals surface area contributed by atoms with Gasteiger partial charge in [-0.1, -0.05) is 20.3 Å². The summed E-state index contributed by atoms with van der Waals surface area (Å²) in [4.78, 5) is 0. The summed E-state index contributed by atoms with van der Waals surface area (Å²) >= 11 is 0. The van der Waals surface area contributed by atoms with Crippen molar-refractivity contribution in [3.8, 4) is 0 Å². The number of aliphatic hydroxyl groups excluding tert-OH is 1. The van der Waals surface area contributed by atoms with Crippen LogP contribution in [0.1, 0.15) is 46.0 Å². The van der Waals surface area contributed by atoms with Gasteiger partial charge in [-0.05, 0) is 43.4 Å². The molecule has 0 radical (unpaired) electrons. The molecule has 2 rings (SSSR count). The number of hydrogen-bond donors (Lipinski definition) is 2. The fraction of sp³-hybridized carbons (Fsp3) is 1.00. The van der Waals surface area contributed by atoms with E-state index in [1.165, 1.54) is 25.7 Å². The number of aliphatic hydroxyl groups is 1. The molecular formula is C13H25NO. The zero-order chi connectivity index (χ0) is 10.8. The Kier molecular flexibility index (Phi) is 3.68. The Morgan fingerprint density at radius 3 is 2.60 bits per heavy atom. The van der Waals surface area contributed by atoms with Crippen LogP contribution >= 0.6 is 0 Å². The van der Waals surface area contributed by atoms with E-state index in [2.05, 4.69) is 19.2 Å². The van der Waals surface area contributed by atoms with Gasteiger partial charge in [0.2, 0.25) is 0 Å². The molecule has 2 nitrogen and oxygen atoms in total. The molecule has 0 aliphatic heterocycles. The lowest BCUT2D eigenvalue weighted by Gasteiger charge is -2.24. The number of rotatable bonds is 5. The van der Waals surface area contributed by atoms with E-state index in [1.807, 2.05) is 0 Å². The Balaban J connectivity index is 1.66. The van der Waals surface area contributed by atoms with Gasteiger partial charge in [-0.25, -0.2) is 0 Å². The van der Waals surface area contributed by atoms with Gasteiger partial charge in [0.15, 0.2) is 0 Å². The van der Waals surface area contributed by atoms with Crippen molar-refractivity contribution >= 4 is 0 Å². The second-order valence-corrected chi connectivity index (χ2v) is 5.97. The van der Waals surface area contributed by atoms with E-state index in [4.69, 9.17) is 0 Å². The SMILES string of the molecule is CC(C)CC(O)CNC1CC2CCC1C2. The number of fused-ring (bicyclic) bond motifs is 2. The van der Waals surface area contributed by atoms with Gasteiger partial charge < -0.3 is 10.4 Å². The minimum atomic E-state index is -0.149. The van der Waals surface area contributed by atoms with Crippen LogP contribution in [0.4, 0.5) is 0 Å². The monoisotopic (exact) mass is 211 g/mol. The maximum absolute atomic E-state index is 9.79. The molecule has 2 N–H and O–H groups in total. The van der Waals surface area contributed by atoms with Gasteiger partial charge >= 0.3 is 0 Å². The Morgan fingerprint density at radius 2 is 2.07 bits per heavy atom. The predicted octanol–water partition coefficient (Wildman–Crippen LogP) is 2.17. The molecule has 0 saturated heterocycles. The van der Waals surface area contributed by atoms with Crippen molar-refractivity contribution in [1.29, 1.82) is 0 Å². The van der Waals surface area contributed by atoms with Gasteiger partial charge in [0.25, 0.3) is 0 Å². The molecule has 2 fully saturated rings. The quantitative estimate of drug-likeness (QED) is 0.730. The highest BCUT2D eigenvalue weighted by atomic mass is 16.3. The lowest BCUT2D eigenvalue weighted by molar-refractivity contribution is 0.138. The summed E-state index contributed by atoms with van der Waals surface area (Å²) in [5, 5.41) is 13.4. The molecule has 88 valence electrons. The third kappa shape index (κ3) is 2.94. The van der Waals surface area contributed by atoms with Gasteiger partial charge in [-0.15, -0.1) is 0 Å². The molecular weight excluding hydrogens is 186 g/mol. The minimum Gasteiger partial charge on any atom is -0.392 e. The van der Waals surface area contributed by atoms with Gasteiger partial charge in [0, 0.05) is 12.6 Å². The average Bonchev–Trinajstić information content (AvgIpc) is 2.74. The second kappa shape index (κ2) is 4.84. The molecule has 2 aliphatic carbocycles. The standard InChI is InChI=1S/C13H25NO/c1-9(2)5-12(15)8-14-13-7-10-3-4-11(13)6-10/h9-15H,3-8H2,1-2H3. The fourth-order valence-corrected chi connectivity index (χ4v) is 3.41. The largest absolute Gasteiger partial charge is 0.392 e. The maximum atomic E-state index is 9.79. The summed E-state index contributed by atoms with van der Waals surface area (Å²) in [6.45, 7) is 5.13. The molecule has 0 spiro atoms. The van der Waals surface area contributed by atoms with E-state index < -0.39 is 0 Å². The smallest absolute Gasteiger partial charge is 0.0667 e. The van der Waals surface area contributed by atoms with E-state index >= 15 is 0 Å². The van der Waals surface area contributed by atoms with Gasteiger partial charge in [0.1, 0.15) is 0 Å². The Morgan fingerprint density at radius 1 is 1.27 bits per heavy atom. The van der Waals surface area contributed by atoms with Crippen LogP contribution in [0.25, 0.3) is 0 Å². The average molecular weight is 211 g/mol. The normalized spacial score (nSPS) is 36.4. The Hall–Kier alpha value is -0.0800. The summed E-state index contributed by atoms with van der Waals surface area (Å²) in [6, 6.07) is 0.713. The van der Waals surface area contributed by atoms with E-state index in [-0.39, 0.29) is 6.10 Å². The number of nitrogens with one attached hydrogen (secondary N) is 1. The maximum Gasteiger partial charge on any atom is 0.0667 e. The first-order valence-corrected chi connectivity index (χ1v) is 6.56. The molecule has 15 heavy (non-hydrogen) atoms. The molecule has 2 heteroatoms. The van der Waals surface area contributed by atoms with Crippen LogP contribution in [-0.2, 0) is 0 Å². The molecule has 2 bridgehead atoms. The van der Waals surface area contributed by atoms with E-state index in [9.17, 15) is 5.11 Å². The molecule has 2 aliphatic rings. The first kappa shape index (κ1) is 11.4. The van der Waals surface area contributed by atoms with Gasteiger partial charge in [-0.2, -0.15) is 0 Å². The third-order valence-corrected chi connectivity index (χ3v) is 4.10. The van der Waals surface area contributed by atoms with Crippen molar-refractivity contribution in [3.05, 3.63) is 0 Å². The van der Waals surface area contributed by atoms with E-state index in [1.54, 1.807) is 0 Å². The van der Waals surface area contributed by atoms with Crippen molar-refractivity contribution in [3.63, 3.8) is 0 Å². The van der Waals surface area contributed by atoms with Crippen molar-refractivity contribution in [2.45, 2.75) is 58.1 Å². The van der Waals surface area contributed by atoms with Crippen LogP contribution in [0.2, 0.25) is 0 Å². The molecule has 4 unspecified atom stereocenters. The van der Waals surface area contributed by atoms with Crippen LogP contribution in [0.5, 0.6) is 0 Å². The summed E-state index contributed by atoms with van der Waals surface area (Å²) in [5.41, 5.74) is 0. The highest BCUT2D eigenvalue weighted by molar-refractivity contribution is 4.94. The highest BCUT2D eigenvalue weighted by Gasteiger charge is 2.39. The molecule has 2 saturated carbocycles. The van der Waals surface area contributed by atoms with E-state index in [0.717, 1.165) is 24.8 Å². The van der Waals surface area contributed by atoms with Crippen LogP contribution in [0.3, 0.4) is 0 Å². The Bertz CT molecular complexity index is 205. The summed E-state index contributed by atoms with van der Waals surface area (Å²) in [6.07, 6.45) is 6.45. The summed E-state index contributed by atoms with van der Waals surface area (Å²) < 4.78 is 0. The van der Waals surface area contributed by atoms with Crippen molar-refractivity contribution in [2.75, 3.05) is 6.54 Å².